The molecule has 0 aliphatic carbocycles. The van der Waals surface area contributed by atoms with E-state index in [1.165, 1.54) is 0 Å². The molecule has 0 aromatic carbocycles. The third kappa shape index (κ3) is 3.22. The Morgan fingerprint density at radius 1 is 1.50 bits per heavy atom. The Morgan fingerprint density at radius 3 is 2.50 bits per heavy atom. The second-order valence-electron chi connectivity index (χ2n) is 4.84. The molecular formula is C12H22N4O2. The minimum Gasteiger partial charge on any atom is -0.396 e. The standard InChI is InChI=1S/C12H22N4O2/c1-7(2)10(6-17)14-11(18)5-16-9(4)12(13)8(3)15-16/h7,10,17H,5-6,13H2,1-4H3,(H,14,18)/t10-/m1/s1. The summed E-state index contributed by atoms with van der Waals surface area (Å²) in [6.07, 6.45) is 0. The van der Waals surface area contributed by atoms with Crippen molar-refractivity contribution < 1.29 is 9.90 Å². The first-order valence-corrected chi connectivity index (χ1v) is 6.06. The van der Waals surface area contributed by atoms with Crippen LogP contribution in [-0.2, 0) is 11.3 Å². The molecular weight excluding hydrogens is 232 g/mol. The molecule has 1 aromatic rings. The van der Waals surface area contributed by atoms with E-state index in [4.69, 9.17) is 10.8 Å². The van der Waals surface area contributed by atoms with Crippen molar-refractivity contribution in [1.29, 1.82) is 0 Å². The van der Waals surface area contributed by atoms with E-state index in [0.29, 0.717) is 5.69 Å². The number of carbonyl (C=O) groups is 1. The topological polar surface area (TPSA) is 93.2 Å². The Balaban J connectivity index is 2.67. The summed E-state index contributed by atoms with van der Waals surface area (Å²) in [5.41, 5.74) is 7.92. The summed E-state index contributed by atoms with van der Waals surface area (Å²) in [6, 6.07) is -0.230. The van der Waals surface area contributed by atoms with Crippen molar-refractivity contribution in [3.63, 3.8) is 0 Å². The molecule has 1 aromatic heterocycles. The molecule has 0 unspecified atom stereocenters. The molecule has 102 valence electrons. The van der Waals surface area contributed by atoms with Gasteiger partial charge in [0.15, 0.2) is 0 Å². The van der Waals surface area contributed by atoms with Crippen molar-refractivity contribution in [2.45, 2.75) is 40.3 Å². The fourth-order valence-corrected chi connectivity index (χ4v) is 1.68. The van der Waals surface area contributed by atoms with Gasteiger partial charge in [0.25, 0.3) is 0 Å². The highest BCUT2D eigenvalue weighted by Crippen LogP contribution is 2.14. The van der Waals surface area contributed by atoms with Crippen LogP contribution in [0.15, 0.2) is 0 Å². The van der Waals surface area contributed by atoms with Crippen molar-refractivity contribution in [2.24, 2.45) is 5.92 Å². The molecule has 0 saturated heterocycles. The molecule has 1 rings (SSSR count). The largest absolute Gasteiger partial charge is 0.396 e. The van der Waals surface area contributed by atoms with Gasteiger partial charge in [0, 0.05) is 0 Å². The third-order valence-corrected chi connectivity index (χ3v) is 3.08. The Morgan fingerprint density at radius 2 is 2.11 bits per heavy atom. The molecule has 6 nitrogen and oxygen atoms in total. The van der Waals surface area contributed by atoms with Gasteiger partial charge in [0.2, 0.25) is 5.91 Å². The van der Waals surface area contributed by atoms with E-state index in [1.54, 1.807) is 11.6 Å². The molecule has 0 aliphatic heterocycles. The molecule has 0 saturated carbocycles. The van der Waals surface area contributed by atoms with E-state index in [9.17, 15) is 4.79 Å². The maximum atomic E-state index is 11.8. The molecule has 1 amide bonds. The fraction of sp³-hybridized carbons (Fsp3) is 0.667. The highest BCUT2D eigenvalue weighted by atomic mass is 16.3. The second-order valence-corrected chi connectivity index (χ2v) is 4.84. The van der Waals surface area contributed by atoms with Crippen LogP contribution in [0, 0.1) is 19.8 Å². The van der Waals surface area contributed by atoms with E-state index in [2.05, 4.69) is 10.4 Å². The van der Waals surface area contributed by atoms with Gasteiger partial charge in [-0.3, -0.25) is 9.48 Å². The number of aromatic nitrogens is 2. The number of hydrogen-bond donors (Lipinski definition) is 3. The van der Waals surface area contributed by atoms with E-state index in [-0.39, 0.29) is 31.0 Å². The summed E-state index contributed by atoms with van der Waals surface area (Å²) in [4.78, 5) is 11.8. The lowest BCUT2D eigenvalue weighted by molar-refractivity contribution is -0.123. The van der Waals surface area contributed by atoms with Crippen molar-refractivity contribution in [3.05, 3.63) is 11.4 Å². The minimum atomic E-state index is -0.230. The average molecular weight is 254 g/mol. The third-order valence-electron chi connectivity index (χ3n) is 3.08. The Kier molecular flexibility index (Phi) is 4.72. The number of aliphatic hydroxyl groups excluding tert-OH is 1. The van der Waals surface area contributed by atoms with Crippen molar-refractivity contribution in [1.82, 2.24) is 15.1 Å². The van der Waals surface area contributed by atoms with Gasteiger partial charge in [0.1, 0.15) is 6.54 Å². The number of rotatable bonds is 5. The minimum absolute atomic E-state index is 0.0668. The SMILES string of the molecule is Cc1nn(CC(=O)N[C@H](CO)C(C)C)c(C)c1N. The highest BCUT2D eigenvalue weighted by Gasteiger charge is 2.17. The predicted octanol–water partition coefficient (Wildman–Crippen LogP) is 0.215. The summed E-state index contributed by atoms with van der Waals surface area (Å²) in [6.45, 7) is 7.58. The lowest BCUT2D eigenvalue weighted by Gasteiger charge is -2.20. The van der Waals surface area contributed by atoms with Crippen LogP contribution in [0.2, 0.25) is 0 Å². The van der Waals surface area contributed by atoms with Crippen LogP contribution >= 0.6 is 0 Å². The lowest BCUT2D eigenvalue weighted by atomic mass is 10.1. The normalized spacial score (nSPS) is 12.8. The maximum Gasteiger partial charge on any atom is 0.242 e. The van der Waals surface area contributed by atoms with Gasteiger partial charge < -0.3 is 16.2 Å². The van der Waals surface area contributed by atoms with Crippen LogP contribution in [0.3, 0.4) is 0 Å². The summed E-state index contributed by atoms with van der Waals surface area (Å²) in [5, 5.41) is 16.1. The maximum absolute atomic E-state index is 11.8. The number of nitrogens with one attached hydrogen (secondary N) is 1. The smallest absolute Gasteiger partial charge is 0.242 e. The number of hydrogen-bond acceptors (Lipinski definition) is 4. The Labute approximate surface area is 107 Å². The summed E-state index contributed by atoms with van der Waals surface area (Å²) < 4.78 is 1.58. The van der Waals surface area contributed by atoms with Gasteiger partial charge in [0.05, 0.1) is 29.7 Å². The zero-order valence-corrected chi connectivity index (χ0v) is 11.4. The van der Waals surface area contributed by atoms with Crippen LogP contribution in [0.4, 0.5) is 5.69 Å². The van der Waals surface area contributed by atoms with Crippen molar-refractivity contribution >= 4 is 11.6 Å². The Hall–Kier alpha value is -1.56. The molecule has 1 heterocycles. The summed E-state index contributed by atoms with van der Waals surface area (Å²) >= 11 is 0. The van der Waals surface area contributed by atoms with Gasteiger partial charge in [-0.05, 0) is 19.8 Å². The molecule has 18 heavy (non-hydrogen) atoms. The molecule has 4 N–H and O–H groups in total. The summed E-state index contributed by atoms with van der Waals surface area (Å²) in [7, 11) is 0. The fourth-order valence-electron chi connectivity index (χ4n) is 1.68. The number of nitrogens with two attached hydrogens (primary N) is 1. The van der Waals surface area contributed by atoms with Crippen LogP contribution < -0.4 is 11.1 Å². The number of aryl methyl sites for hydroxylation is 1. The van der Waals surface area contributed by atoms with E-state index in [1.807, 2.05) is 20.8 Å². The number of nitrogen functional groups attached to an aromatic ring is 1. The van der Waals surface area contributed by atoms with Crippen molar-refractivity contribution in [2.75, 3.05) is 12.3 Å². The average Bonchev–Trinajstić information content (AvgIpc) is 2.53. The van der Waals surface area contributed by atoms with Gasteiger partial charge in [-0.25, -0.2) is 0 Å². The number of anilines is 1. The van der Waals surface area contributed by atoms with Crippen molar-refractivity contribution in [3.8, 4) is 0 Å². The zero-order valence-electron chi connectivity index (χ0n) is 11.4. The Bertz CT molecular complexity index is 426. The second kappa shape index (κ2) is 5.86. The molecule has 0 bridgehead atoms. The van der Waals surface area contributed by atoms with Gasteiger partial charge in [-0.15, -0.1) is 0 Å². The number of nitrogens with zero attached hydrogens (tertiary/aromatic N) is 2. The quantitative estimate of drug-likeness (QED) is 0.700. The van der Waals surface area contributed by atoms with Gasteiger partial charge in [-0.1, -0.05) is 13.8 Å². The van der Waals surface area contributed by atoms with E-state index < -0.39 is 0 Å². The lowest BCUT2D eigenvalue weighted by Crippen LogP contribution is -2.42. The van der Waals surface area contributed by atoms with Crippen LogP contribution in [0.5, 0.6) is 0 Å². The first-order valence-electron chi connectivity index (χ1n) is 6.06. The first-order chi connectivity index (χ1) is 8.36. The van der Waals surface area contributed by atoms with E-state index >= 15 is 0 Å². The summed E-state index contributed by atoms with van der Waals surface area (Å²) in [5.74, 6) is 0.0119. The number of amides is 1. The molecule has 6 heteroatoms. The molecule has 0 radical (unpaired) electrons. The number of aliphatic hydroxyl groups is 1. The van der Waals surface area contributed by atoms with Gasteiger partial charge in [-0.2, -0.15) is 5.10 Å². The molecule has 0 aliphatic rings. The first kappa shape index (κ1) is 14.5. The molecule has 0 fully saturated rings. The zero-order chi connectivity index (χ0) is 13.9. The van der Waals surface area contributed by atoms with Gasteiger partial charge >= 0.3 is 0 Å². The predicted molar refractivity (Wildman–Crippen MR) is 70.0 cm³/mol. The van der Waals surface area contributed by atoms with Crippen LogP contribution in [-0.4, -0.2) is 33.4 Å². The molecule has 0 spiro atoms. The highest BCUT2D eigenvalue weighted by molar-refractivity contribution is 5.76. The van der Waals surface area contributed by atoms with E-state index in [0.717, 1.165) is 11.4 Å². The van der Waals surface area contributed by atoms with Crippen LogP contribution in [0.25, 0.3) is 0 Å². The molecule has 1 atom stereocenters. The number of carbonyl (C=O) groups excluding carboxylic acids is 1. The monoisotopic (exact) mass is 254 g/mol. The van der Waals surface area contributed by atoms with Crippen LogP contribution in [0.1, 0.15) is 25.2 Å².